The van der Waals surface area contributed by atoms with E-state index >= 15 is 0 Å². The van der Waals surface area contributed by atoms with Crippen LogP contribution in [0.4, 0.5) is 14.5 Å². The maximum atomic E-state index is 13.6. The Hall–Kier alpha value is -2.07. The minimum absolute atomic E-state index is 0.0937. The van der Waals surface area contributed by atoms with Crippen molar-refractivity contribution >= 4 is 32.8 Å². The molecule has 2 unspecified atom stereocenters. The number of sulfone groups is 1. The highest BCUT2D eigenvalue weighted by Crippen LogP contribution is 2.52. The summed E-state index contributed by atoms with van der Waals surface area (Å²) in [6, 6.07) is 7.94. The third-order valence-corrected chi connectivity index (χ3v) is 10.5. The van der Waals surface area contributed by atoms with Crippen molar-refractivity contribution in [2.45, 2.75) is 56.3 Å². The van der Waals surface area contributed by atoms with Crippen LogP contribution in [0.15, 0.2) is 24.3 Å². The molecule has 2 saturated carbocycles. The summed E-state index contributed by atoms with van der Waals surface area (Å²) in [6.07, 6.45) is 3.14. The molecule has 1 aromatic heterocycles. The summed E-state index contributed by atoms with van der Waals surface area (Å²) in [4.78, 5) is 20.5. The number of hydrogen-bond donors (Lipinski definition) is 0. The first kappa shape index (κ1) is 24.6. The second kappa shape index (κ2) is 9.42. The summed E-state index contributed by atoms with van der Waals surface area (Å²) in [7, 11) is -1.55. The lowest BCUT2D eigenvalue weighted by Crippen LogP contribution is -2.40. The molecular weight excluding hydrogens is 494 g/mol. The van der Waals surface area contributed by atoms with Gasteiger partial charge in [0.2, 0.25) is 5.92 Å². The average Bonchev–Trinajstić information content (AvgIpc) is 3.27. The standard InChI is InChI=1S/C25H30F2N2O4S2/c1-33-24(30)20-5-3-2-4-19(20)21-22(34-23(28-21)17-14-25(26,27)15-17)16-6-8-18(9-7-16)29-10-12-35(31,32)13-11-29/h6-9,17,19-20H,2-5,10-15H2,1H3. The van der Waals surface area contributed by atoms with Crippen molar-refractivity contribution in [2.75, 3.05) is 36.6 Å². The number of carbonyl (C=O) groups is 1. The van der Waals surface area contributed by atoms with Gasteiger partial charge in [-0.1, -0.05) is 25.0 Å². The summed E-state index contributed by atoms with van der Waals surface area (Å²) >= 11 is 1.46. The van der Waals surface area contributed by atoms with Crippen LogP contribution in [0.25, 0.3) is 10.4 Å². The summed E-state index contributed by atoms with van der Waals surface area (Å²) in [5.74, 6) is -3.18. The zero-order valence-corrected chi connectivity index (χ0v) is 21.3. The number of hydrogen-bond acceptors (Lipinski definition) is 7. The van der Waals surface area contributed by atoms with Gasteiger partial charge in [0.1, 0.15) is 0 Å². The van der Waals surface area contributed by atoms with Crippen molar-refractivity contribution in [1.29, 1.82) is 0 Å². The molecule has 5 rings (SSSR count). The molecular formula is C25H30F2N2O4S2. The van der Waals surface area contributed by atoms with Crippen LogP contribution in [0, 0.1) is 5.92 Å². The SMILES string of the molecule is COC(=O)C1CCCCC1c1nc(C2CC(F)(F)C2)sc1-c1ccc(N2CCS(=O)(=O)CC2)cc1. The van der Waals surface area contributed by atoms with Gasteiger partial charge in [-0.3, -0.25) is 4.79 Å². The van der Waals surface area contributed by atoms with Gasteiger partial charge in [0.05, 0.1) is 40.1 Å². The quantitative estimate of drug-likeness (QED) is 0.512. The fourth-order valence-electron chi connectivity index (χ4n) is 5.50. The van der Waals surface area contributed by atoms with Crippen LogP contribution < -0.4 is 4.90 Å². The van der Waals surface area contributed by atoms with Crippen LogP contribution in [-0.4, -0.2) is 57.0 Å². The molecule has 0 bridgehead atoms. The topological polar surface area (TPSA) is 76.6 Å². The van der Waals surface area contributed by atoms with E-state index in [1.807, 2.05) is 24.3 Å². The average molecular weight is 525 g/mol. The molecule has 10 heteroatoms. The van der Waals surface area contributed by atoms with Gasteiger partial charge in [0.15, 0.2) is 9.84 Å². The molecule has 2 aliphatic carbocycles. The molecule has 1 saturated heterocycles. The largest absolute Gasteiger partial charge is 0.469 e. The summed E-state index contributed by atoms with van der Waals surface area (Å²) in [6.45, 7) is 0.937. The van der Waals surface area contributed by atoms with E-state index in [9.17, 15) is 22.0 Å². The lowest BCUT2D eigenvalue weighted by molar-refractivity contribution is -0.147. The first-order valence-corrected chi connectivity index (χ1v) is 14.8. The zero-order valence-electron chi connectivity index (χ0n) is 19.7. The van der Waals surface area contributed by atoms with E-state index in [2.05, 4.69) is 4.90 Å². The molecule has 3 aliphatic rings. The molecule has 6 nitrogen and oxygen atoms in total. The minimum atomic E-state index is -2.96. The van der Waals surface area contributed by atoms with Gasteiger partial charge in [0.25, 0.3) is 0 Å². The molecule has 1 aliphatic heterocycles. The van der Waals surface area contributed by atoms with Crippen LogP contribution in [0.1, 0.15) is 61.1 Å². The number of methoxy groups -OCH3 is 1. The highest BCUT2D eigenvalue weighted by molar-refractivity contribution is 7.91. The number of aromatic nitrogens is 1. The van der Waals surface area contributed by atoms with Crippen LogP contribution >= 0.6 is 11.3 Å². The summed E-state index contributed by atoms with van der Waals surface area (Å²) in [5, 5.41) is 0.723. The van der Waals surface area contributed by atoms with E-state index in [0.29, 0.717) is 13.1 Å². The number of alkyl halides is 2. The van der Waals surface area contributed by atoms with E-state index < -0.39 is 15.8 Å². The maximum Gasteiger partial charge on any atom is 0.309 e. The predicted octanol–water partition coefficient (Wildman–Crippen LogP) is 5.00. The molecule has 1 aromatic carbocycles. The monoisotopic (exact) mass is 524 g/mol. The van der Waals surface area contributed by atoms with E-state index in [1.54, 1.807) is 0 Å². The number of nitrogens with zero attached hydrogens (tertiary/aromatic N) is 2. The molecule has 0 N–H and O–H groups in total. The van der Waals surface area contributed by atoms with Crippen molar-refractivity contribution in [3.05, 3.63) is 35.0 Å². The highest BCUT2D eigenvalue weighted by Gasteiger charge is 2.48. The van der Waals surface area contributed by atoms with Crippen molar-refractivity contribution in [2.24, 2.45) is 5.92 Å². The minimum Gasteiger partial charge on any atom is -0.469 e. The van der Waals surface area contributed by atoms with Gasteiger partial charge in [-0.2, -0.15) is 0 Å². The van der Waals surface area contributed by atoms with Gasteiger partial charge in [-0.15, -0.1) is 11.3 Å². The van der Waals surface area contributed by atoms with E-state index in [4.69, 9.17) is 9.72 Å². The molecule has 3 fully saturated rings. The molecule has 2 heterocycles. The predicted molar refractivity (Wildman–Crippen MR) is 132 cm³/mol. The summed E-state index contributed by atoms with van der Waals surface area (Å²) < 4.78 is 55.8. The Kier molecular flexibility index (Phi) is 6.63. The van der Waals surface area contributed by atoms with Crippen molar-refractivity contribution in [3.8, 4) is 10.4 Å². The second-order valence-electron chi connectivity index (χ2n) is 9.93. The fourth-order valence-corrected chi connectivity index (χ4v) is 7.95. The number of rotatable bonds is 5. The molecule has 35 heavy (non-hydrogen) atoms. The molecule has 0 amide bonds. The second-order valence-corrected chi connectivity index (χ2v) is 13.3. The Morgan fingerprint density at radius 3 is 2.40 bits per heavy atom. The smallest absolute Gasteiger partial charge is 0.309 e. The van der Waals surface area contributed by atoms with Gasteiger partial charge in [-0.25, -0.2) is 22.2 Å². The van der Waals surface area contributed by atoms with Crippen molar-refractivity contribution in [1.82, 2.24) is 4.98 Å². The molecule has 2 atom stereocenters. The first-order chi connectivity index (χ1) is 16.7. The number of thiazole rings is 1. The number of ether oxygens (including phenoxy) is 1. The van der Waals surface area contributed by atoms with Crippen molar-refractivity contribution in [3.63, 3.8) is 0 Å². The molecule has 2 aromatic rings. The number of esters is 1. The molecule has 190 valence electrons. The Morgan fingerprint density at radius 1 is 1.11 bits per heavy atom. The third kappa shape index (κ3) is 5.09. The molecule has 0 spiro atoms. The normalized spacial score (nSPS) is 26.2. The number of carbonyl (C=O) groups excluding carboxylic acids is 1. The van der Waals surface area contributed by atoms with E-state index in [-0.39, 0.29) is 48.1 Å². The maximum absolute atomic E-state index is 13.6. The van der Waals surface area contributed by atoms with Gasteiger partial charge < -0.3 is 9.64 Å². The van der Waals surface area contributed by atoms with E-state index in [0.717, 1.165) is 52.5 Å². The highest BCUT2D eigenvalue weighted by atomic mass is 32.2. The Labute approximate surface area is 208 Å². The Bertz CT molecular complexity index is 1170. The number of anilines is 1. The van der Waals surface area contributed by atoms with Crippen LogP contribution in [-0.2, 0) is 19.4 Å². The molecule has 0 radical (unpaired) electrons. The Balaban J connectivity index is 1.46. The third-order valence-electron chi connectivity index (χ3n) is 7.57. The van der Waals surface area contributed by atoms with Gasteiger partial charge in [-0.05, 0) is 30.5 Å². The lowest BCUT2D eigenvalue weighted by atomic mass is 9.76. The fraction of sp³-hybridized carbons (Fsp3) is 0.600. The Morgan fingerprint density at radius 2 is 1.77 bits per heavy atom. The summed E-state index contributed by atoms with van der Waals surface area (Å²) in [5.41, 5.74) is 2.73. The van der Waals surface area contributed by atoms with Crippen LogP contribution in [0.5, 0.6) is 0 Å². The number of halogens is 2. The van der Waals surface area contributed by atoms with E-state index in [1.165, 1.54) is 18.4 Å². The van der Waals surface area contributed by atoms with Crippen LogP contribution in [0.2, 0.25) is 0 Å². The zero-order chi connectivity index (χ0) is 24.8. The number of benzene rings is 1. The van der Waals surface area contributed by atoms with Gasteiger partial charge >= 0.3 is 5.97 Å². The van der Waals surface area contributed by atoms with Crippen LogP contribution in [0.3, 0.4) is 0 Å². The van der Waals surface area contributed by atoms with Gasteiger partial charge in [0, 0.05) is 43.5 Å². The first-order valence-electron chi connectivity index (χ1n) is 12.2. The van der Waals surface area contributed by atoms with Crippen molar-refractivity contribution < 1.29 is 26.7 Å². The lowest BCUT2D eigenvalue weighted by Gasteiger charge is -2.33.